The molecule has 1 aliphatic heterocycles. The molecule has 2 atom stereocenters. The lowest BCUT2D eigenvalue weighted by atomic mass is 9.64. The van der Waals surface area contributed by atoms with Crippen LogP contribution in [-0.2, 0) is 11.8 Å². The molecule has 0 bridgehead atoms. The van der Waals surface area contributed by atoms with Gasteiger partial charge >= 0.3 is 0 Å². The second-order valence-corrected chi connectivity index (χ2v) is 19.3. The third-order valence-corrected chi connectivity index (χ3v) is 15.9. The van der Waals surface area contributed by atoms with Crippen molar-refractivity contribution in [2.75, 3.05) is 4.90 Å². The zero-order valence-corrected chi connectivity index (χ0v) is 37.6. The summed E-state index contributed by atoms with van der Waals surface area (Å²) < 4.78 is 0. The SMILES string of the molecule is C=C1c2c(cccc2C(CCc2ccc3c(c2)C2(C4=C(C=CCC4)c4ccccc42)c2cc4ccccc4cc2S3)c2ccccc2)-c2cccc(N(c3ccccc3)c3ccccc3)c21. The maximum Gasteiger partial charge on any atom is 0.0698 e. The normalized spacial score (nSPS) is 16.6. The Hall–Kier alpha value is -7.39. The van der Waals surface area contributed by atoms with Crippen LogP contribution in [0.4, 0.5) is 17.1 Å². The zero-order valence-electron chi connectivity index (χ0n) is 36.8. The number of aryl methyl sites for hydroxylation is 1. The molecule has 9 aromatic rings. The first-order valence-corrected chi connectivity index (χ1v) is 24.2. The second-order valence-electron chi connectivity index (χ2n) is 18.2. The van der Waals surface area contributed by atoms with Gasteiger partial charge in [-0.15, -0.1) is 0 Å². The van der Waals surface area contributed by atoms with Gasteiger partial charge in [0, 0.05) is 32.6 Å². The van der Waals surface area contributed by atoms with Gasteiger partial charge in [-0.05, 0) is 157 Å². The fourth-order valence-electron chi connectivity index (χ4n) is 12.0. The monoisotopic (exact) mass is 861 g/mol. The number of anilines is 3. The highest BCUT2D eigenvalue weighted by Gasteiger charge is 2.51. The van der Waals surface area contributed by atoms with Crippen LogP contribution in [0.25, 0.3) is 33.0 Å². The number of allylic oxidation sites excluding steroid dienone is 4. The Morgan fingerprint density at radius 1 is 0.545 bits per heavy atom. The minimum Gasteiger partial charge on any atom is -0.310 e. The number of rotatable bonds is 8. The van der Waals surface area contributed by atoms with Crippen LogP contribution in [0.15, 0.2) is 240 Å². The predicted octanol–water partition coefficient (Wildman–Crippen LogP) is 17.0. The van der Waals surface area contributed by atoms with Gasteiger partial charge in [-0.3, -0.25) is 0 Å². The lowest BCUT2D eigenvalue weighted by Gasteiger charge is -2.42. The van der Waals surface area contributed by atoms with Crippen LogP contribution in [0, 0.1) is 0 Å². The molecule has 4 aliphatic rings. The Balaban J connectivity index is 0.922. The number of nitrogens with zero attached hydrogens (tertiary/aromatic N) is 1. The van der Waals surface area contributed by atoms with Crippen molar-refractivity contribution < 1.29 is 0 Å². The molecule has 9 aromatic carbocycles. The summed E-state index contributed by atoms with van der Waals surface area (Å²) in [4.78, 5) is 5.12. The van der Waals surface area contributed by atoms with Gasteiger partial charge in [0.2, 0.25) is 0 Å². The van der Waals surface area contributed by atoms with E-state index in [1.165, 1.54) is 87.3 Å². The summed E-state index contributed by atoms with van der Waals surface area (Å²) in [6.45, 7) is 4.96. The average molecular weight is 862 g/mol. The third-order valence-electron chi connectivity index (χ3n) is 14.8. The van der Waals surface area contributed by atoms with Gasteiger partial charge in [-0.25, -0.2) is 0 Å². The minimum atomic E-state index is -0.347. The van der Waals surface area contributed by atoms with E-state index in [2.05, 4.69) is 223 Å². The lowest BCUT2D eigenvalue weighted by molar-refractivity contribution is 0.660. The molecule has 13 rings (SSSR count). The van der Waals surface area contributed by atoms with Crippen molar-refractivity contribution in [3.63, 3.8) is 0 Å². The number of para-hydroxylation sites is 2. The molecule has 1 heterocycles. The van der Waals surface area contributed by atoms with Crippen LogP contribution in [0.2, 0.25) is 0 Å². The Morgan fingerprint density at radius 2 is 1.18 bits per heavy atom. The van der Waals surface area contributed by atoms with Gasteiger partial charge in [-0.2, -0.15) is 0 Å². The van der Waals surface area contributed by atoms with Crippen molar-refractivity contribution in [2.45, 2.75) is 46.8 Å². The molecule has 1 nitrogen and oxygen atoms in total. The highest BCUT2D eigenvalue weighted by atomic mass is 32.2. The molecule has 2 heteroatoms. The van der Waals surface area contributed by atoms with Crippen molar-refractivity contribution in [3.8, 4) is 11.1 Å². The van der Waals surface area contributed by atoms with Crippen molar-refractivity contribution in [3.05, 3.63) is 281 Å². The summed E-state index contributed by atoms with van der Waals surface area (Å²) in [5, 5.41) is 2.60. The van der Waals surface area contributed by atoms with Crippen LogP contribution < -0.4 is 4.90 Å². The fraction of sp³-hybridized carbons (Fsp3) is 0.0938. The molecular formula is C64H47NS. The summed E-state index contributed by atoms with van der Waals surface area (Å²) in [6.07, 6.45) is 8.81. The molecule has 0 radical (unpaired) electrons. The van der Waals surface area contributed by atoms with Crippen LogP contribution in [0.1, 0.15) is 75.3 Å². The summed E-state index contributed by atoms with van der Waals surface area (Å²) in [6, 6.07) is 77.0. The highest BCUT2D eigenvalue weighted by Crippen LogP contribution is 2.63. The van der Waals surface area contributed by atoms with Gasteiger partial charge < -0.3 is 4.90 Å². The van der Waals surface area contributed by atoms with E-state index in [0.29, 0.717) is 0 Å². The van der Waals surface area contributed by atoms with E-state index in [4.69, 9.17) is 6.58 Å². The van der Waals surface area contributed by atoms with E-state index in [1.54, 1.807) is 5.57 Å². The maximum atomic E-state index is 4.96. The summed E-state index contributed by atoms with van der Waals surface area (Å²) in [5.41, 5.74) is 21.8. The van der Waals surface area contributed by atoms with Crippen LogP contribution in [0.5, 0.6) is 0 Å². The maximum absolute atomic E-state index is 4.96. The van der Waals surface area contributed by atoms with E-state index in [9.17, 15) is 0 Å². The molecule has 0 amide bonds. The van der Waals surface area contributed by atoms with Gasteiger partial charge in [-0.1, -0.05) is 188 Å². The molecule has 0 aromatic heterocycles. The Labute approximate surface area is 392 Å². The topological polar surface area (TPSA) is 3.24 Å². The molecule has 0 saturated heterocycles. The molecule has 0 fully saturated rings. The van der Waals surface area contributed by atoms with Crippen molar-refractivity contribution in [1.29, 1.82) is 0 Å². The standard InChI is InChI=1S/C64H47NS/c1-42-62-52(29-17-30-53(62)54-31-18-34-59(63(42)54)65(47-23-7-3-8-24-47)48-25-9-4-10-26-48)49(44-19-5-2-6-20-44)37-35-43-36-38-60-57(39-43)64(58-40-45-21-11-12-22-46(45)41-61(58)66-60)55-32-15-13-27-50(55)51-28-14-16-33-56(51)64/h2-15,17-32,34,36,38-41,49H,1,16,33,35,37H2. The first-order valence-electron chi connectivity index (χ1n) is 23.4. The molecule has 2 unspecified atom stereocenters. The van der Waals surface area contributed by atoms with Crippen molar-refractivity contribution in [1.82, 2.24) is 0 Å². The first kappa shape index (κ1) is 39.0. The Bertz CT molecular complexity index is 3430. The molecule has 66 heavy (non-hydrogen) atoms. The quantitative estimate of drug-likeness (QED) is 0.150. The number of hydrogen-bond donors (Lipinski definition) is 0. The third kappa shape index (κ3) is 5.94. The molecule has 314 valence electrons. The van der Waals surface area contributed by atoms with Crippen LogP contribution in [-0.4, -0.2) is 0 Å². The number of fused-ring (bicyclic) bond motifs is 12. The summed E-state index contributed by atoms with van der Waals surface area (Å²) in [7, 11) is 0. The molecule has 3 aliphatic carbocycles. The van der Waals surface area contributed by atoms with Gasteiger partial charge in [0.05, 0.1) is 11.1 Å². The van der Waals surface area contributed by atoms with E-state index in [-0.39, 0.29) is 11.3 Å². The highest BCUT2D eigenvalue weighted by molar-refractivity contribution is 7.99. The largest absolute Gasteiger partial charge is 0.310 e. The smallest absolute Gasteiger partial charge is 0.0698 e. The molecule has 1 spiro atoms. The average Bonchev–Trinajstić information content (AvgIpc) is 3.84. The van der Waals surface area contributed by atoms with Gasteiger partial charge in [0.1, 0.15) is 0 Å². The van der Waals surface area contributed by atoms with Crippen LogP contribution >= 0.6 is 11.8 Å². The van der Waals surface area contributed by atoms with E-state index in [0.717, 1.165) is 48.3 Å². The summed E-state index contributed by atoms with van der Waals surface area (Å²) in [5.74, 6) is 0.159. The van der Waals surface area contributed by atoms with Crippen molar-refractivity contribution in [2.24, 2.45) is 0 Å². The Kier molecular flexibility index (Phi) is 9.25. The Morgan fingerprint density at radius 3 is 1.95 bits per heavy atom. The number of hydrogen-bond acceptors (Lipinski definition) is 2. The zero-order chi connectivity index (χ0) is 43.8. The van der Waals surface area contributed by atoms with E-state index in [1.807, 2.05) is 11.8 Å². The van der Waals surface area contributed by atoms with E-state index < -0.39 is 0 Å². The molecular weight excluding hydrogens is 815 g/mol. The van der Waals surface area contributed by atoms with Gasteiger partial charge in [0.25, 0.3) is 0 Å². The van der Waals surface area contributed by atoms with Gasteiger partial charge in [0.15, 0.2) is 0 Å². The molecule has 0 saturated carbocycles. The predicted molar refractivity (Wildman–Crippen MR) is 277 cm³/mol. The second kappa shape index (κ2) is 15.7. The van der Waals surface area contributed by atoms with E-state index >= 15 is 0 Å². The van der Waals surface area contributed by atoms with Crippen LogP contribution in [0.3, 0.4) is 0 Å². The fourth-order valence-corrected chi connectivity index (χ4v) is 13.2. The minimum absolute atomic E-state index is 0.159. The molecule has 0 N–H and O–H groups in total. The van der Waals surface area contributed by atoms with Crippen molar-refractivity contribution >= 4 is 50.7 Å². The summed E-state index contributed by atoms with van der Waals surface area (Å²) >= 11 is 1.95. The lowest BCUT2D eigenvalue weighted by Crippen LogP contribution is -2.33. The number of benzene rings is 9. The first-order chi connectivity index (χ1) is 32.7.